The fourth-order valence-electron chi connectivity index (χ4n) is 1.29. The van der Waals surface area contributed by atoms with Gasteiger partial charge in [-0.05, 0) is 12.5 Å². The summed E-state index contributed by atoms with van der Waals surface area (Å²) < 4.78 is 0. The van der Waals surface area contributed by atoms with Crippen molar-refractivity contribution >= 4 is 17.3 Å². The molecule has 3 heteroatoms. The van der Waals surface area contributed by atoms with Gasteiger partial charge in [-0.25, -0.2) is 0 Å². The van der Waals surface area contributed by atoms with Crippen LogP contribution >= 0.6 is 11.6 Å². The van der Waals surface area contributed by atoms with E-state index in [9.17, 15) is 0 Å². The lowest BCUT2D eigenvalue weighted by molar-refractivity contribution is 1.04. The molecule has 2 nitrogen and oxygen atoms in total. The quantitative estimate of drug-likeness (QED) is 0.641. The predicted molar refractivity (Wildman–Crippen MR) is 46.2 cm³/mol. The molecular formula is C8H9ClN2. The molecule has 0 bridgehead atoms. The summed E-state index contributed by atoms with van der Waals surface area (Å²) in [4.78, 5) is 4.27. The van der Waals surface area contributed by atoms with Gasteiger partial charge in [0.25, 0.3) is 0 Å². The third kappa shape index (κ3) is 0.979. The van der Waals surface area contributed by atoms with Crippen molar-refractivity contribution in [2.45, 2.75) is 13.3 Å². The molecule has 1 aliphatic rings. The molecular weight excluding hydrogens is 160 g/mol. The van der Waals surface area contributed by atoms with Gasteiger partial charge in [0.1, 0.15) is 0 Å². The van der Waals surface area contributed by atoms with Crippen LogP contribution in [0.3, 0.4) is 0 Å². The van der Waals surface area contributed by atoms with Crippen molar-refractivity contribution in [3.63, 3.8) is 0 Å². The monoisotopic (exact) mass is 168 g/mol. The number of aromatic nitrogens is 1. The predicted octanol–water partition coefficient (Wildman–Crippen LogP) is 2.01. The summed E-state index contributed by atoms with van der Waals surface area (Å²) in [5.41, 5.74) is 3.17. The molecule has 0 atom stereocenters. The first-order valence-electron chi connectivity index (χ1n) is 3.67. The molecule has 1 aromatic rings. The zero-order valence-corrected chi connectivity index (χ0v) is 7.07. The van der Waals surface area contributed by atoms with E-state index in [-0.39, 0.29) is 0 Å². The number of rotatable bonds is 0. The Labute approximate surface area is 70.6 Å². The van der Waals surface area contributed by atoms with Gasteiger partial charge in [-0.15, -0.1) is 0 Å². The Morgan fingerprint density at radius 1 is 1.64 bits per heavy atom. The highest BCUT2D eigenvalue weighted by atomic mass is 35.5. The van der Waals surface area contributed by atoms with E-state index in [2.05, 4.69) is 10.3 Å². The Morgan fingerprint density at radius 2 is 2.45 bits per heavy atom. The molecule has 1 aliphatic heterocycles. The van der Waals surface area contributed by atoms with Crippen LogP contribution in [0.5, 0.6) is 0 Å². The van der Waals surface area contributed by atoms with Gasteiger partial charge in [0.15, 0.2) is 0 Å². The van der Waals surface area contributed by atoms with E-state index in [1.807, 2.05) is 13.1 Å². The first kappa shape index (κ1) is 6.92. The molecule has 2 heterocycles. The van der Waals surface area contributed by atoms with Crippen LogP contribution in [-0.2, 0) is 6.42 Å². The molecule has 0 aromatic carbocycles. The van der Waals surface area contributed by atoms with Crippen molar-refractivity contribution in [3.05, 3.63) is 22.5 Å². The standard InChI is InChI=1S/C8H9ClN2/c1-5-4-11-6-2-3-10-8(6)7(5)9/h4,10H,2-3H2,1H3. The highest BCUT2D eigenvalue weighted by Crippen LogP contribution is 2.30. The first-order valence-corrected chi connectivity index (χ1v) is 4.04. The second-order valence-corrected chi connectivity index (χ2v) is 3.13. The molecule has 1 aromatic heterocycles. The van der Waals surface area contributed by atoms with Crippen LogP contribution in [0.2, 0.25) is 5.02 Å². The van der Waals surface area contributed by atoms with Crippen LogP contribution in [0, 0.1) is 6.92 Å². The summed E-state index contributed by atoms with van der Waals surface area (Å²) in [7, 11) is 0. The minimum atomic E-state index is 0.826. The maximum atomic E-state index is 6.04. The van der Waals surface area contributed by atoms with Crippen molar-refractivity contribution in [1.29, 1.82) is 0 Å². The van der Waals surface area contributed by atoms with Crippen LogP contribution in [-0.4, -0.2) is 11.5 Å². The number of anilines is 1. The number of hydrogen-bond donors (Lipinski definition) is 1. The smallest absolute Gasteiger partial charge is 0.0752 e. The molecule has 0 unspecified atom stereocenters. The lowest BCUT2D eigenvalue weighted by Crippen LogP contribution is -1.92. The third-order valence-electron chi connectivity index (χ3n) is 1.93. The van der Waals surface area contributed by atoms with E-state index in [1.54, 1.807) is 0 Å². The van der Waals surface area contributed by atoms with Crippen molar-refractivity contribution in [3.8, 4) is 0 Å². The van der Waals surface area contributed by atoms with Gasteiger partial charge < -0.3 is 5.32 Å². The Balaban J connectivity index is 2.62. The molecule has 0 saturated heterocycles. The van der Waals surface area contributed by atoms with Gasteiger partial charge in [-0.1, -0.05) is 11.6 Å². The topological polar surface area (TPSA) is 24.9 Å². The molecule has 11 heavy (non-hydrogen) atoms. The van der Waals surface area contributed by atoms with Gasteiger partial charge >= 0.3 is 0 Å². The highest BCUT2D eigenvalue weighted by Gasteiger charge is 2.15. The fourth-order valence-corrected chi connectivity index (χ4v) is 1.52. The second kappa shape index (κ2) is 2.38. The molecule has 0 radical (unpaired) electrons. The van der Waals surface area contributed by atoms with Crippen molar-refractivity contribution in [1.82, 2.24) is 4.98 Å². The minimum absolute atomic E-state index is 0.826. The number of aryl methyl sites for hydroxylation is 1. The molecule has 58 valence electrons. The maximum Gasteiger partial charge on any atom is 0.0752 e. The number of pyridine rings is 1. The Kier molecular flexibility index (Phi) is 1.50. The van der Waals surface area contributed by atoms with Gasteiger partial charge in [-0.3, -0.25) is 4.98 Å². The molecule has 1 N–H and O–H groups in total. The summed E-state index contributed by atoms with van der Waals surface area (Å²) in [6, 6.07) is 0. The van der Waals surface area contributed by atoms with E-state index in [1.165, 1.54) is 0 Å². The van der Waals surface area contributed by atoms with Crippen LogP contribution in [0.1, 0.15) is 11.3 Å². The van der Waals surface area contributed by atoms with Crippen LogP contribution in [0.15, 0.2) is 6.20 Å². The number of nitrogens with zero attached hydrogens (tertiary/aromatic N) is 1. The van der Waals surface area contributed by atoms with Gasteiger partial charge in [-0.2, -0.15) is 0 Å². The van der Waals surface area contributed by atoms with Gasteiger partial charge in [0, 0.05) is 19.2 Å². The summed E-state index contributed by atoms with van der Waals surface area (Å²) in [5.74, 6) is 0. The van der Waals surface area contributed by atoms with Gasteiger partial charge in [0.2, 0.25) is 0 Å². The summed E-state index contributed by atoms with van der Waals surface area (Å²) in [5, 5.41) is 4.04. The number of hydrogen-bond acceptors (Lipinski definition) is 2. The first-order chi connectivity index (χ1) is 5.29. The van der Waals surface area contributed by atoms with Crippen molar-refractivity contribution in [2.24, 2.45) is 0 Å². The molecule has 0 spiro atoms. The average molecular weight is 169 g/mol. The van der Waals surface area contributed by atoms with E-state index in [0.29, 0.717) is 0 Å². The summed E-state index contributed by atoms with van der Waals surface area (Å²) in [6.45, 7) is 2.93. The average Bonchev–Trinajstić information content (AvgIpc) is 2.45. The lowest BCUT2D eigenvalue weighted by Gasteiger charge is -2.03. The Bertz CT molecular complexity index is 296. The second-order valence-electron chi connectivity index (χ2n) is 2.75. The van der Waals surface area contributed by atoms with Crippen molar-refractivity contribution in [2.75, 3.05) is 11.9 Å². The van der Waals surface area contributed by atoms with E-state index < -0.39 is 0 Å². The molecule has 0 aliphatic carbocycles. The normalized spacial score (nSPS) is 14.4. The summed E-state index contributed by atoms with van der Waals surface area (Å²) >= 11 is 6.04. The Hall–Kier alpha value is -0.760. The van der Waals surface area contributed by atoms with Gasteiger partial charge in [0.05, 0.1) is 16.4 Å². The van der Waals surface area contributed by atoms with Crippen LogP contribution < -0.4 is 5.32 Å². The minimum Gasteiger partial charge on any atom is -0.382 e. The van der Waals surface area contributed by atoms with Crippen molar-refractivity contribution < 1.29 is 0 Å². The van der Waals surface area contributed by atoms with E-state index in [4.69, 9.17) is 11.6 Å². The number of halogens is 1. The van der Waals surface area contributed by atoms with E-state index in [0.717, 1.165) is 34.9 Å². The number of fused-ring (bicyclic) bond motifs is 1. The van der Waals surface area contributed by atoms with Crippen LogP contribution in [0.25, 0.3) is 0 Å². The maximum absolute atomic E-state index is 6.04. The SMILES string of the molecule is Cc1cnc2c(c1Cl)NCC2. The fraction of sp³-hybridized carbons (Fsp3) is 0.375. The zero-order valence-electron chi connectivity index (χ0n) is 6.32. The van der Waals surface area contributed by atoms with Crippen LogP contribution in [0.4, 0.5) is 5.69 Å². The lowest BCUT2D eigenvalue weighted by atomic mass is 10.2. The van der Waals surface area contributed by atoms with E-state index >= 15 is 0 Å². The molecule has 2 rings (SSSR count). The molecule has 0 amide bonds. The Morgan fingerprint density at radius 3 is 3.27 bits per heavy atom. The highest BCUT2D eigenvalue weighted by molar-refractivity contribution is 6.34. The largest absolute Gasteiger partial charge is 0.382 e. The molecule has 0 fully saturated rings. The number of nitrogens with one attached hydrogen (secondary N) is 1. The third-order valence-corrected chi connectivity index (χ3v) is 2.42. The zero-order chi connectivity index (χ0) is 7.84. The summed E-state index contributed by atoms with van der Waals surface area (Å²) in [6.07, 6.45) is 2.82. The molecule has 0 saturated carbocycles.